The van der Waals surface area contributed by atoms with Gasteiger partial charge in [-0.25, -0.2) is 9.37 Å². The standard InChI is InChI=1S/C22H19FN2/c1-14-8-4-5-11-17(14)22-24-20-18(23)12-7-13-19(20)25(22)21-15(2)9-6-10-16(21)3/h4-13H,1-3H3. The van der Waals surface area contributed by atoms with Gasteiger partial charge in [0.05, 0.1) is 11.2 Å². The second kappa shape index (κ2) is 5.85. The maximum absolute atomic E-state index is 14.4. The van der Waals surface area contributed by atoms with Crippen LogP contribution in [-0.2, 0) is 0 Å². The molecule has 0 bridgehead atoms. The van der Waals surface area contributed by atoms with E-state index in [9.17, 15) is 4.39 Å². The summed E-state index contributed by atoms with van der Waals surface area (Å²) in [7, 11) is 0. The second-order valence-corrected chi connectivity index (χ2v) is 6.43. The van der Waals surface area contributed by atoms with Gasteiger partial charge >= 0.3 is 0 Å². The lowest BCUT2D eigenvalue weighted by molar-refractivity contribution is 0.637. The molecule has 3 aromatic carbocycles. The Bertz CT molecular complexity index is 1070. The van der Waals surface area contributed by atoms with Crippen molar-refractivity contribution in [3.8, 4) is 17.1 Å². The molecule has 0 radical (unpaired) electrons. The molecule has 4 rings (SSSR count). The van der Waals surface area contributed by atoms with Crippen LogP contribution in [0.25, 0.3) is 28.1 Å². The van der Waals surface area contributed by atoms with Crippen LogP contribution in [-0.4, -0.2) is 9.55 Å². The fourth-order valence-corrected chi connectivity index (χ4v) is 3.45. The number of hydrogen-bond donors (Lipinski definition) is 0. The summed E-state index contributed by atoms with van der Waals surface area (Å²) in [4.78, 5) is 4.69. The van der Waals surface area contributed by atoms with E-state index in [1.807, 2.05) is 30.3 Å². The van der Waals surface area contributed by atoms with Gasteiger partial charge in [0.2, 0.25) is 0 Å². The van der Waals surface area contributed by atoms with Crippen molar-refractivity contribution in [2.75, 3.05) is 0 Å². The third-order valence-corrected chi connectivity index (χ3v) is 4.68. The van der Waals surface area contributed by atoms with Crippen LogP contribution in [0.15, 0.2) is 60.7 Å². The number of halogens is 1. The Labute approximate surface area is 146 Å². The summed E-state index contributed by atoms with van der Waals surface area (Å²) in [6.45, 7) is 6.21. The second-order valence-electron chi connectivity index (χ2n) is 6.43. The minimum atomic E-state index is -0.294. The minimum Gasteiger partial charge on any atom is -0.292 e. The summed E-state index contributed by atoms with van der Waals surface area (Å²) >= 11 is 0. The van der Waals surface area contributed by atoms with Gasteiger partial charge in [0.25, 0.3) is 0 Å². The number of aryl methyl sites for hydroxylation is 3. The summed E-state index contributed by atoms with van der Waals surface area (Å²) in [5, 5.41) is 0. The van der Waals surface area contributed by atoms with E-state index in [4.69, 9.17) is 0 Å². The zero-order chi connectivity index (χ0) is 17.6. The third-order valence-electron chi connectivity index (χ3n) is 4.68. The average Bonchev–Trinajstić information content (AvgIpc) is 2.96. The molecule has 1 heterocycles. The van der Waals surface area contributed by atoms with Gasteiger partial charge in [0.1, 0.15) is 11.3 Å². The first kappa shape index (κ1) is 15.6. The molecule has 0 spiro atoms. The Morgan fingerprint density at radius 3 is 2.12 bits per heavy atom. The molecule has 0 saturated carbocycles. The number of fused-ring (bicyclic) bond motifs is 1. The number of rotatable bonds is 2. The maximum Gasteiger partial charge on any atom is 0.151 e. The van der Waals surface area contributed by atoms with Gasteiger partial charge < -0.3 is 0 Å². The van der Waals surface area contributed by atoms with E-state index < -0.39 is 0 Å². The Hall–Kier alpha value is -2.94. The third kappa shape index (κ3) is 2.43. The molecule has 2 nitrogen and oxygen atoms in total. The fraction of sp³-hybridized carbons (Fsp3) is 0.136. The molecular weight excluding hydrogens is 311 g/mol. The molecule has 0 N–H and O–H groups in total. The van der Waals surface area contributed by atoms with E-state index in [1.54, 1.807) is 6.07 Å². The fourth-order valence-electron chi connectivity index (χ4n) is 3.45. The normalized spacial score (nSPS) is 11.2. The Balaban J connectivity index is 2.18. The Morgan fingerprint density at radius 1 is 0.760 bits per heavy atom. The topological polar surface area (TPSA) is 17.8 Å². The number of nitrogens with zero attached hydrogens (tertiary/aromatic N) is 2. The largest absolute Gasteiger partial charge is 0.292 e. The number of imidazole rings is 1. The monoisotopic (exact) mass is 330 g/mol. The molecular formula is C22H19FN2. The zero-order valence-electron chi connectivity index (χ0n) is 14.5. The predicted molar refractivity (Wildman–Crippen MR) is 101 cm³/mol. The van der Waals surface area contributed by atoms with Crippen LogP contribution in [0.4, 0.5) is 4.39 Å². The van der Waals surface area contributed by atoms with Crippen LogP contribution in [0.1, 0.15) is 16.7 Å². The van der Waals surface area contributed by atoms with Crippen molar-refractivity contribution in [3.63, 3.8) is 0 Å². The molecule has 25 heavy (non-hydrogen) atoms. The minimum absolute atomic E-state index is 0.294. The average molecular weight is 330 g/mol. The highest BCUT2D eigenvalue weighted by atomic mass is 19.1. The van der Waals surface area contributed by atoms with Crippen LogP contribution < -0.4 is 0 Å². The van der Waals surface area contributed by atoms with Gasteiger partial charge in [0, 0.05) is 5.56 Å². The summed E-state index contributed by atoms with van der Waals surface area (Å²) in [5.74, 6) is 0.480. The van der Waals surface area contributed by atoms with Crippen LogP contribution in [0.2, 0.25) is 0 Å². The van der Waals surface area contributed by atoms with Crippen LogP contribution in [0.5, 0.6) is 0 Å². The van der Waals surface area contributed by atoms with Crippen LogP contribution >= 0.6 is 0 Å². The molecule has 0 aliphatic carbocycles. The number of benzene rings is 3. The molecule has 0 atom stereocenters. The highest BCUT2D eigenvalue weighted by molar-refractivity contribution is 5.85. The van der Waals surface area contributed by atoms with E-state index in [-0.39, 0.29) is 5.82 Å². The van der Waals surface area contributed by atoms with E-state index in [0.717, 1.165) is 39.3 Å². The lowest BCUT2D eigenvalue weighted by Crippen LogP contribution is -2.03. The molecule has 124 valence electrons. The van der Waals surface area contributed by atoms with Gasteiger partial charge in [0.15, 0.2) is 5.82 Å². The zero-order valence-corrected chi connectivity index (χ0v) is 14.5. The maximum atomic E-state index is 14.4. The lowest BCUT2D eigenvalue weighted by atomic mass is 10.1. The quantitative estimate of drug-likeness (QED) is 0.457. The van der Waals surface area contributed by atoms with Crippen LogP contribution in [0, 0.1) is 26.6 Å². The van der Waals surface area contributed by atoms with Crippen molar-refractivity contribution in [1.82, 2.24) is 9.55 Å². The first-order valence-electron chi connectivity index (χ1n) is 8.37. The summed E-state index contributed by atoms with van der Waals surface area (Å²) in [5.41, 5.74) is 6.66. The highest BCUT2D eigenvalue weighted by Gasteiger charge is 2.19. The Morgan fingerprint density at radius 2 is 1.40 bits per heavy atom. The smallest absolute Gasteiger partial charge is 0.151 e. The van der Waals surface area contributed by atoms with Crippen molar-refractivity contribution in [3.05, 3.63) is 83.2 Å². The van der Waals surface area contributed by atoms with E-state index in [0.29, 0.717) is 5.52 Å². The molecule has 0 fully saturated rings. The van der Waals surface area contributed by atoms with Crippen molar-refractivity contribution in [2.24, 2.45) is 0 Å². The Kier molecular flexibility index (Phi) is 3.65. The van der Waals surface area contributed by atoms with E-state index in [2.05, 4.69) is 48.5 Å². The van der Waals surface area contributed by atoms with Gasteiger partial charge in [-0.15, -0.1) is 0 Å². The van der Waals surface area contributed by atoms with Gasteiger partial charge in [-0.05, 0) is 49.6 Å². The SMILES string of the molecule is Cc1ccccc1-c1nc2c(F)cccc2n1-c1c(C)cccc1C. The van der Waals surface area contributed by atoms with E-state index >= 15 is 0 Å². The van der Waals surface area contributed by atoms with Gasteiger partial charge in [-0.2, -0.15) is 0 Å². The molecule has 0 amide bonds. The van der Waals surface area contributed by atoms with Crippen molar-refractivity contribution >= 4 is 11.0 Å². The molecule has 0 aliphatic rings. The molecule has 4 aromatic rings. The molecule has 0 aliphatic heterocycles. The number of para-hydroxylation sites is 2. The van der Waals surface area contributed by atoms with Crippen molar-refractivity contribution in [2.45, 2.75) is 20.8 Å². The van der Waals surface area contributed by atoms with Gasteiger partial charge in [-0.1, -0.05) is 48.5 Å². The van der Waals surface area contributed by atoms with Gasteiger partial charge in [-0.3, -0.25) is 4.57 Å². The molecule has 0 unspecified atom stereocenters. The first-order valence-corrected chi connectivity index (χ1v) is 8.37. The molecule has 1 aromatic heterocycles. The summed E-state index contributed by atoms with van der Waals surface area (Å²) in [6.07, 6.45) is 0. The first-order chi connectivity index (χ1) is 12.1. The van der Waals surface area contributed by atoms with Crippen molar-refractivity contribution < 1.29 is 4.39 Å². The predicted octanol–water partition coefficient (Wildman–Crippen LogP) is 5.76. The van der Waals surface area contributed by atoms with Crippen LogP contribution in [0.3, 0.4) is 0 Å². The number of hydrogen-bond acceptors (Lipinski definition) is 1. The van der Waals surface area contributed by atoms with E-state index in [1.165, 1.54) is 6.07 Å². The number of aromatic nitrogens is 2. The molecule has 3 heteroatoms. The molecule has 0 saturated heterocycles. The summed E-state index contributed by atoms with van der Waals surface area (Å²) < 4.78 is 16.5. The summed E-state index contributed by atoms with van der Waals surface area (Å²) in [6, 6.07) is 19.4. The lowest BCUT2D eigenvalue weighted by Gasteiger charge is -2.16. The van der Waals surface area contributed by atoms with Crippen molar-refractivity contribution in [1.29, 1.82) is 0 Å². The highest BCUT2D eigenvalue weighted by Crippen LogP contribution is 2.33.